The summed E-state index contributed by atoms with van der Waals surface area (Å²) in [7, 11) is 0. The molecule has 4 fully saturated rings. The molecule has 59 heavy (non-hydrogen) atoms. The number of ether oxygens (including phenoxy) is 2. The van der Waals surface area contributed by atoms with Gasteiger partial charge in [0.1, 0.15) is 12.6 Å². The molecule has 11 atom stereocenters. The first kappa shape index (κ1) is 43.0. The minimum Gasteiger partial charge on any atom is -0.481 e. The summed E-state index contributed by atoms with van der Waals surface area (Å²) >= 11 is 4.48. The van der Waals surface area contributed by atoms with Crippen molar-refractivity contribution < 1.29 is 53.6 Å². The number of halogens is 1. The van der Waals surface area contributed by atoms with E-state index in [2.05, 4.69) is 38.8 Å². The number of amides is 3. The number of hydrogen-bond acceptors (Lipinski definition) is 11. The maximum atomic E-state index is 14.0. The second-order valence-corrected chi connectivity index (χ2v) is 18.6. The molecule has 1 aromatic carbocycles. The lowest BCUT2D eigenvalue weighted by Gasteiger charge is -2.59. The van der Waals surface area contributed by atoms with E-state index in [4.69, 9.17) is 9.47 Å². The molecule has 7 rings (SSSR count). The number of aliphatic hydroxyl groups excluding tert-OH is 2. The number of benzene rings is 1. The highest BCUT2D eigenvalue weighted by atomic mass is 79.9. The zero-order valence-electron chi connectivity index (χ0n) is 33.1. The number of nitrogens with one attached hydrogen (secondary N) is 3. The van der Waals surface area contributed by atoms with E-state index in [1.54, 1.807) is 24.3 Å². The van der Waals surface area contributed by atoms with Gasteiger partial charge in [-0.1, -0.05) is 60.5 Å². The van der Waals surface area contributed by atoms with E-state index < -0.39 is 77.1 Å². The Hall–Kier alpha value is -4.06. The van der Waals surface area contributed by atoms with Gasteiger partial charge in [-0.2, -0.15) is 0 Å². The molecular weight excluding hydrogens is 846 g/mol. The second kappa shape index (κ2) is 16.8. The van der Waals surface area contributed by atoms with Gasteiger partial charge in [-0.3, -0.25) is 28.8 Å². The summed E-state index contributed by atoms with van der Waals surface area (Å²) in [5.74, 6) is -3.44. The minimum absolute atomic E-state index is 0.000854. The predicted molar refractivity (Wildman–Crippen MR) is 219 cm³/mol. The fourth-order valence-electron chi connectivity index (χ4n) is 10.8. The molecule has 316 valence electrons. The summed E-state index contributed by atoms with van der Waals surface area (Å²) in [6, 6.07) is 9.90. The number of carbonyl (C=O) groups excluding carboxylic acids is 5. The van der Waals surface area contributed by atoms with Gasteiger partial charge in [0.2, 0.25) is 17.7 Å². The fraction of sp³-hybridized carbons (Fsp3) is 0.535. The van der Waals surface area contributed by atoms with Crippen molar-refractivity contribution in [2.75, 3.05) is 23.8 Å². The number of carbonyl (C=O) groups is 6. The van der Waals surface area contributed by atoms with Crippen LogP contribution in [0.4, 0.5) is 5.69 Å². The predicted octanol–water partition coefficient (Wildman–Crippen LogP) is 4.30. The summed E-state index contributed by atoms with van der Waals surface area (Å²) in [6.45, 7) is 5.06. The number of aliphatic carboxylic acids is 1. The number of carboxylic acid groups (broad SMARTS) is 1. The van der Waals surface area contributed by atoms with Gasteiger partial charge < -0.3 is 40.7 Å². The third kappa shape index (κ3) is 7.76. The number of Topliss-reactive ketones (excluding diaryl/α,β-unsaturated/α-hetero) is 1. The summed E-state index contributed by atoms with van der Waals surface area (Å²) < 4.78 is 13.4. The number of fused-ring (bicyclic) bond motifs is 7. The number of hydrogen-bond donors (Lipinski definition) is 6. The normalized spacial score (nSPS) is 32.7. The van der Waals surface area contributed by atoms with Gasteiger partial charge >= 0.3 is 5.97 Å². The molecule has 4 aliphatic carbocycles. The summed E-state index contributed by atoms with van der Waals surface area (Å²) in [5, 5.41) is 39.1. The Labute approximate surface area is 354 Å². The van der Waals surface area contributed by atoms with Crippen LogP contribution >= 0.6 is 27.3 Å². The van der Waals surface area contributed by atoms with Crippen molar-refractivity contribution in [3.8, 4) is 0 Å². The average Bonchev–Trinajstić information content (AvgIpc) is 3.91. The Morgan fingerprint density at radius 3 is 2.51 bits per heavy atom. The molecule has 5 aliphatic rings. The molecule has 1 aromatic heterocycles. The van der Waals surface area contributed by atoms with E-state index in [9.17, 15) is 44.1 Å². The lowest BCUT2D eigenvalue weighted by molar-refractivity contribution is -0.200. The number of rotatable bonds is 14. The van der Waals surface area contributed by atoms with Gasteiger partial charge in [0.25, 0.3) is 0 Å². The molecule has 3 amide bonds. The van der Waals surface area contributed by atoms with Gasteiger partial charge in [0.05, 0.1) is 29.0 Å². The van der Waals surface area contributed by atoms with Crippen molar-refractivity contribution in [3.63, 3.8) is 0 Å². The van der Waals surface area contributed by atoms with Crippen LogP contribution in [0, 0.1) is 28.6 Å². The summed E-state index contributed by atoms with van der Waals surface area (Å²) in [5.41, 5.74) is -0.310. The molecule has 6 N–H and O–H groups in total. The number of alkyl halides is 1. The van der Waals surface area contributed by atoms with Crippen LogP contribution in [0.5, 0.6) is 0 Å². The molecule has 2 heterocycles. The van der Waals surface area contributed by atoms with Crippen LogP contribution in [-0.4, -0.2) is 92.9 Å². The molecular formula is C43H50BrN3O11S. The van der Waals surface area contributed by atoms with E-state index in [1.807, 2.05) is 44.2 Å². The van der Waals surface area contributed by atoms with Crippen LogP contribution in [0.2, 0.25) is 0 Å². The van der Waals surface area contributed by atoms with Gasteiger partial charge in [0, 0.05) is 39.7 Å². The Bertz CT molecular complexity index is 2090. The summed E-state index contributed by atoms with van der Waals surface area (Å²) in [6.07, 6.45) is 4.86. The molecule has 14 nitrogen and oxygen atoms in total. The zero-order chi connectivity index (χ0) is 42.4. The first-order valence-corrected chi connectivity index (χ1v) is 21.9. The zero-order valence-corrected chi connectivity index (χ0v) is 35.5. The second-order valence-electron chi connectivity index (χ2n) is 16.9. The number of thiophene rings is 1. The Kier molecular flexibility index (Phi) is 12.2. The largest absolute Gasteiger partial charge is 0.481 e. The quantitative estimate of drug-likeness (QED) is 0.147. The molecule has 2 aromatic rings. The van der Waals surface area contributed by atoms with Crippen LogP contribution in [0.15, 0.2) is 60.2 Å². The lowest BCUT2D eigenvalue weighted by atomic mass is 9.46. The number of aliphatic hydroxyl groups is 2. The minimum atomic E-state index is -1.45. The van der Waals surface area contributed by atoms with E-state index in [1.165, 1.54) is 11.3 Å². The van der Waals surface area contributed by atoms with Gasteiger partial charge in [0.15, 0.2) is 23.5 Å². The van der Waals surface area contributed by atoms with E-state index in [0.717, 1.165) is 33.7 Å². The highest BCUT2D eigenvalue weighted by molar-refractivity contribution is 9.09. The molecule has 0 spiro atoms. The number of anilines is 1. The first-order chi connectivity index (χ1) is 28.0. The number of allylic oxidation sites excluding steroid dienone is 4. The van der Waals surface area contributed by atoms with Crippen molar-refractivity contribution >= 4 is 68.2 Å². The Morgan fingerprint density at radius 1 is 1.07 bits per heavy atom. The maximum absolute atomic E-state index is 14.0. The molecule has 1 saturated heterocycles. The Morgan fingerprint density at radius 2 is 1.81 bits per heavy atom. The summed E-state index contributed by atoms with van der Waals surface area (Å²) in [4.78, 5) is 76.2. The van der Waals surface area contributed by atoms with Crippen LogP contribution in [0.1, 0.15) is 86.8 Å². The first-order valence-electron chi connectivity index (χ1n) is 20.0. The molecule has 0 unspecified atom stereocenters. The van der Waals surface area contributed by atoms with Crippen molar-refractivity contribution in [2.45, 2.75) is 95.4 Å². The molecule has 16 heteroatoms. The Balaban J connectivity index is 1.03. The lowest BCUT2D eigenvalue weighted by Crippen LogP contribution is -2.63. The molecule has 3 saturated carbocycles. The molecule has 0 radical (unpaired) electrons. The fourth-order valence-corrected chi connectivity index (χ4v) is 12.1. The average molecular weight is 897 g/mol. The van der Waals surface area contributed by atoms with Crippen molar-refractivity contribution in [3.05, 3.63) is 75.5 Å². The van der Waals surface area contributed by atoms with E-state index in [-0.39, 0.29) is 54.2 Å². The van der Waals surface area contributed by atoms with Crippen LogP contribution in [-0.2, 0) is 38.2 Å². The van der Waals surface area contributed by atoms with Crippen molar-refractivity contribution in [1.82, 2.24) is 10.6 Å². The van der Waals surface area contributed by atoms with Crippen LogP contribution < -0.4 is 16.0 Å². The monoisotopic (exact) mass is 895 g/mol. The number of ketones is 2. The van der Waals surface area contributed by atoms with Gasteiger partial charge in [-0.15, -0.1) is 11.3 Å². The molecule has 1 aliphatic heterocycles. The van der Waals surface area contributed by atoms with E-state index in [0.29, 0.717) is 18.5 Å². The highest BCUT2D eigenvalue weighted by Gasteiger charge is 2.76. The smallest absolute Gasteiger partial charge is 0.303 e. The highest BCUT2D eigenvalue weighted by Crippen LogP contribution is 2.70. The molecule has 0 bridgehead atoms. The third-order valence-corrected chi connectivity index (χ3v) is 15.4. The van der Waals surface area contributed by atoms with Crippen LogP contribution in [0.3, 0.4) is 0 Å². The number of carboxylic acids is 1. The standard InChI is InChI=1S/C43H50BrN3O11S/c1-22(23-4-7-25(8-5-23)46-39(56)29(10-13-37(54)55)47-36(53)20-45-35(52)19-44)31-11-12-32(59-31)40-57-34-17-28-27-9-6-24-16-26(49)14-15-41(24,2)38(27)30(50)18-42(28,3)43(34,58-40)33(51)21-48/h4-5,7-8,11-12,14-16,22,27-30,34,38,40,48,50H,6,9-10,13,17-21H2,1-3H3,(H,45,52)(H,46,56)(H,47,53)(H,54,55)/t22-,27-,28-,29-,30-,34+,38+,40+,41-,42-,43+/m0/s1. The maximum Gasteiger partial charge on any atom is 0.303 e. The SMILES string of the molecule is C[C@@H](c1ccc(NC(=O)[C@H](CCC(=O)O)NC(=O)CNC(=O)CBr)cc1)c1ccc([C@@H]2O[C@@H]3C[C@H]4[C@@H]5CCC6=CC(=O)C=C[C@]6(C)[C@H]5[C@@H](O)C[C@]4(C)[C@]3(C(=O)CO)O2)s1. The van der Waals surface area contributed by atoms with Crippen molar-refractivity contribution in [2.24, 2.45) is 28.6 Å². The third-order valence-electron chi connectivity index (χ3n) is 13.6. The topological polar surface area (TPSA) is 218 Å². The van der Waals surface area contributed by atoms with Crippen molar-refractivity contribution in [1.29, 1.82) is 0 Å². The van der Waals surface area contributed by atoms with Crippen LogP contribution in [0.25, 0.3) is 0 Å². The van der Waals surface area contributed by atoms with Gasteiger partial charge in [-0.05, 0) is 85.9 Å². The van der Waals surface area contributed by atoms with Gasteiger partial charge in [-0.25, -0.2) is 0 Å². The van der Waals surface area contributed by atoms with E-state index >= 15 is 0 Å².